The van der Waals surface area contributed by atoms with Crippen LogP contribution in [0.4, 0.5) is 10.1 Å². The van der Waals surface area contributed by atoms with Crippen molar-refractivity contribution in [2.24, 2.45) is 7.05 Å². The summed E-state index contributed by atoms with van der Waals surface area (Å²) in [5, 5.41) is 9.01. The number of benzene rings is 3. The van der Waals surface area contributed by atoms with Crippen LogP contribution < -0.4 is 26.2 Å². The fourth-order valence-electron chi connectivity index (χ4n) is 5.43. The third-order valence-electron chi connectivity index (χ3n) is 7.96. The van der Waals surface area contributed by atoms with Gasteiger partial charge in [-0.2, -0.15) is 0 Å². The van der Waals surface area contributed by atoms with Gasteiger partial charge in [-0.05, 0) is 71.8 Å². The minimum Gasteiger partial charge on any atom is -0.496 e. The molecule has 1 aliphatic rings. The number of aryl methyl sites for hydroxylation is 1. The van der Waals surface area contributed by atoms with Crippen molar-refractivity contribution in [1.82, 2.24) is 20.2 Å². The number of hydrogen-bond donors (Lipinski definition) is 3. The molecule has 2 amide bonds. The van der Waals surface area contributed by atoms with Crippen LogP contribution in [0.2, 0.25) is 0 Å². The largest absolute Gasteiger partial charge is 0.496 e. The molecule has 0 aliphatic carbocycles. The maximum Gasteiger partial charge on any atom is 0.265 e. The third kappa shape index (κ3) is 6.19. The van der Waals surface area contributed by atoms with Crippen LogP contribution in [-0.4, -0.2) is 41.1 Å². The summed E-state index contributed by atoms with van der Waals surface area (Å²) >= 11 is 0. The number of hydrogen-bond acceptors (Lipinski definition) is 6. The number of rotatable bonds is 8. The summed E-state index contributed by atoms with van der Waals surface area (Å²) in [6.45, 7) is 4.67. The van der Waals surface area contributed by atoms with Gasteiger partial charge in [-0.15, -0.1) is 0 Å². The Morgan fingerprint density at radius 1 is 1.09 bits per heavy atom. The Morgan fingerprint density at radius 3 is 2.53 bits per heavy atom. The first-order chi connectivity index (χ1) is 20.7. The number of methoxy groups -OCH3 is 1. The molecule has 1 saturated heterocycles. The molecule has 0 bridgehead atoms. The molecule has 1 fully saturated rings. The Morgan fingerprint density at radius 2 is 1.81 bits per heavy atom. The van der Waals surface area contributed by atoms with Crippen molar-refractivity contribution in [2.45, 2.75) is 39.3 Å². The van der Waals surface area contributed by atoms with Gasteiger partial charge in [-0.1, -0.05) is 30.3 Å². The van der Waals surface area contributed by atoms with Crippen LogP contribution in [0, 0.1) is 19.7 Å². The van der Waals surface area contributed by atoms with Crippen molar-refractivity contribution in [2.75, 3.05) is 19.0 Å². The van der Waals surface area contributed by atoms with Crippen molar-refractivity contribution < 1.29 is 18.7 Å². The van der Waals surface area contributed by atoms with Crippen LogP contribution >= 0.6 is 0 Å². The van der Waals surface area contributed by atoms with E-state index in [0.29, 0.717) is 42.0 Å². The topological polar surface area (TPSA) is 114 Å². The van der Waals surface area contributed by atoms with Crippen LogP contribution in [0.15, 0.2) is 65.8 Å². The van der Waals surface area contributed by atoms with E-state index in [9.17, 15) is 14.4 Å². The van der Waals surface area contributed by atoms with Crippen LogP contribution in [0.3, 0.4) is 0 Å². The van der Waals surface area contributed by atoms with Gasteiger partial charge in [-0.25, -0.2) is 9.37 Å². The zero-order valence-electron chi connectivity index (χ0n) is 24.6. The molecule has 1 aromatic heterocycles. The number of halogens is 1. The number of ether oxygens (including phenoxy) is 1. The first-order valence-corrected chi connectivity index (χ1v) is 14.1. The SMILES string of the molecule is COc1cc(-c2cccc(-c3cccc(NC(=O)c4cncn(C)c4=O)c3C)c2C)cc(F)c1CN[C@H]1CCC(=O)NC1. The first-order valence-electron chi connectivity index (χ1n) is 14.1. The molecule has 3 N–H and O–H groups in total. The number of carbonyl (C=O) groups excluding carboxylic acids is 2. The zero-order chi connectivity index (χ0) is 30.7. The molecule has 5 rings (SSSR count). The normalized spacial score (nSPS) is 14.7. The van der Waals surface area contributed by atoms with Crippen LogP contribution in [0.1, 0.15) is 39.9 Å². The average Bonchev–Trinajstić information content (AvgIpc) is 2.99. The molecular weight excluding hydrogens is 549 g/mol. The van der Waals surface area contributed by atoms with E-state index in [2.05, 4.69) is 20.9 Å². The van der Waals surface area contributed by atoms with Gasteiger partial charge >= 0.3 is 0 Å². The van der Waals surface area contributed by atoms with Crippen LogP contribution in [0.25, 0.3) is 22.3 Å². The standard InChI is InChI=1S/C33H34FN5O4/c1-19-23(21-13-28(34)26(30(14-21)43-4)17-36-22-11-12-31(40)37-15-22)7-5-8-24(19)25-9-6-10-29(20(25)2)38-32(41)27-16-35-18-39(3)33(27)42/h5-10,13-14,16,18,22,36H,11-12,15,17H2,1-4H3,(H,37,40)(H,38,41)/t22-/m0/s1. The lowest BCUT2D eigenvalue weighted by Gasteiger charge is -2.24. The van der Waals surface area contributed by atoms with Gasteiger partial charge in [0.05, 0.1) is 13.4 Å². The second-order valence-corrected chi connectivity index (χ2v) is 10.7. The molecule has 2 heterocycles. The number of nitrogens with one attached hydrogen (secondary N) is 3. The lowest BCUT2D eigenvalue weighted by atomic mass is 9.90. The third-order valence-corrected chi connectivity index (χ3v) is 7.96. The van der Waals surface area contributed by atoms with Crippen molar-refractivity contribution >= 4 is 17.5 Å². The minimum absolute atomic E-state index is 0.0345. The second-order valence-electron chi connectivity index (χ2n) is 10.7. The maximum atomic E-state index is 15.5. The van der Waals surface area contributed by atoms with Gasteiger partial charge in [0.1, 0.15) is 17.1 Å². The number of anilines is 1. The molecule has 0 spiro atoms. The van der Waals surface area contributed by atoms with E-state index in [1.807, 2.05) is 50.2 Å². The molecule has 10 heteroatoms. The average molecular weight is 584 g/mol. The van der Waals surface area contributed by atoms with Crippen LogP contribution in [0.5, 0.6) is 5.75 Å². The molecule has 1 atom stereocenters. The number of nitrogens with zero attached hydrogens (tertiary/aromatic N) is 2. The molecular formula is C33H34FN5O4. The highest BCUT2D eigenvalue weighted by molar-refractivity contribution is 6.04. The molecule has 4 aromatic rings. The lowest BCUT2D eigenvalue weighted by molar-refractivity contribution is -0.122. The Hall–Kier alpha value is -4.83. The summed E-state index contributed by atoms with van der Waals surface area (Å²) in [6.07, 6.45) is 3.76. The summed E-state index contributed by atoms with van der Waals surface area (Å²) < 4.78 is 22.4. The van der Waals surface area contributed by atoms with Crippen molar-refractivity contribution in [3.05, 3.63) is 99.5 Å². The minimum atomic E-state index is -0.537. The number of carbonyl (C=O) groups is 2. The molecule has 43 heavy (non-hydrogen) atoms. The molecule has 9 nitrogen and oxygen atoms in total. The zero-order valence-corrected chi connectivity index (χ0v) is 24.6. The highest BCUT2D eigenvalue weighted by Gasteiger charge is 2.21. The molecule has 0 unspecified atom stereocenters. The summed E-state index contributed by atoms with van der Waals surface area (Å²) in [5.74, 6) is -0.444. The Balaban J connectivity index is 1.43. The Labute approximate surface area is 249 Å². The quantitative estimate of drug-likeness (QED) is 0.282. The van der Waals surface area contributed by atoms with Gasteiger partial charge in [-0.3, -0.25) is 14.4 Å². The Bertz CT molecular complexity index is 1760. The van der Waals surface area contributed by atoms with Crippen LogP contribution in [-0.2, 0) is 18.4 Å². The van der Waals surface area contributed by atoms with Crippen molar-refractivity contribution in [1.29, 1.82) is 0 Å². The van der Waals surface area contributed by atoms with E-state index in [1.54, 1.807) is 13.1 Å². The van der Waals surface area contributed by atoms with Gasteiger partial charge < -0.3 is 25.3 Å². The summed E-state index contributed by atoms with van der Waals surface area (Å²) in [4.78, 5) is 40.7. The van der Waals surface area contributed by atoms with E-state index in [0.717, 1.165) is 27.8 Å². The summed E-state index contributed by atoms with van der Waals surface area (Å²) in [6, 6.07) is 14.9. The van der Waals surface area contributed by atoms with Gasteiger partial charge in [0.2, 0.25) is 5.91 Å². The van der Waals surface area contributed by atoms with Gasteiger partial charge in [0.25, 0.3) is 11.5 Å². The smallest absolute Gasteiger partial charge is 0.265 e. The number of amides is 2. The molecule has 0 saturated carbocycles. The van der Waals surface area contributed by atoms with Crippen molar-refractivity contribution in [3.8, 4) is 28.0 Å². The predicted molar refractivity (Wildman–Crippen MR) is 164 cm³/mol. The fraction of sp³-hybridized carbons (Fsp3) is 0.273. The monoisotopic (exact) mass is 583 g/mol. The summed E-state index contributed by atoms with van der Waals surface area (Å²) in [7, 11) is 3.07. The highest BCUT2D eigenvalue weighted by Crippen LogP contribution is 2.37. The number of piperidine rings is 1. The van der Waals surface area contributed by atoms with Gasteiger partial charge in [0.15, 0.2) is 0 Å². The number of aromatic nitrogens is 2. The molecule has 3 aromatic carbocycles. The molecule has 0 radical (unpaired) electrons. The maximum absolute atomic E-state index is 15.5. The van der Waals surface area contributed by atoms with E-state index in [4.69, 9.17) is 4.74 Å². The van der Waals surface area contributed by atoms with E-state index in [1.165, 1.54) is 30.3 Å². The summed E-state index contributed by atoms with van der Waals surface area (Å²) in [5.41, 5.74) is 5.61. The molecule has 1 aliphatic heterocycles. The van der Waals surface area contributed by atoms with Gasteiger partial charge in [0, 0.05) is 50.0 Å². The van der Waals surface area contributed by atoms with E-state index < -0.39 is 11.5 Å². The molecule has 222 valence electrons. The first kappa shape index (κ1) is 29.7. The lowest BCUT2D eigenvalue weighted by Crippen LogP contribution is -2.45. The Kier molecular flexibility index (Phi) is 8.68. The second kappa shape index (κ2) is 12.6. The highest BCUT2D eigenvalue weighted by atomic mass is 19.1. The van der Waals surface area contributed by atoms with Crippen molar-refractivity contribution in [3.63, 3.8) is 0 Å². The van der Waals surface area contributed by atoms with E-state index in [-0.39, 0.29) is 29.9 Å². The fourth-order valence-corrected chi connectivity index (χ4v) is 5.43. The predicted octanol–water partition coefficient (Wildman–Crippen LogP) is 4.50. The van der Waals surface area contributed by atoms with E-state index >= 15 is 4.39 Å².